The molecule has 0 heterocycles. The first kappa shape index (κ1) is 21.1. The molecule has 0 aliphatic carbocycles. The van der Waals surface area contributed by atoms with Crippen LogP contribution >= 0.6 is 11.6 Å². The molecule has 0 aliphatic rings. The van der Waals surface area contributed by atoms with Gasteiger partial charge in [-0.25, -0.2) is 8.42 Å². The average molecular weight is 411 g/mol. The van der Waals surface area contributed by atoms with Crippen LogP contribution in [0.2, 0.25) is 5.02 Å². The summed E-state index contributed by atoms with van der Waals surface area (Å²) in [5.74, 6) is 0.351. The summed E-state index contributed by atoms with van der Waals surface area (Å²) < 4.78 is 30.7. The summed E-state index contributed by atoms with van der Waals surface area (Å²) in [7, 11) is -3.61. The van der Waals surface area contributed by atoms with Crippen LogP contribution in [0.3, 0.4) is 0 Å². The number of carbonyl (C=O) groups is 1. The summed E-state index contributed by atoms with van der Waals surface area (Å²) in [6, 6.07) is 13.6. The number of hydrogen-bond donors (Lipinski definition) is 1. The highest BCUT2D eigenvalue weighted by Crippen LogP contribution is 2.20. The molecule has 0 aromatic heterocycles. The fraction of sp³-hybridized carbons (Fsp3) is 0.316. The third-order valence-electron chi connectivity index (χ3n) is 3.59. The first-order chi connectivity index (χ1) is 12.6. The van der Waals surface area contributed by atoms with Gasteiger partial charge >= 0.3 is 0 Å². The molecule has 2 aromatic carbocycles. The first-order valence-corrected chi connectivity index (χ1v) is 10.6. The molecule has 0 saturated heterocycles. The Morgan fingerprint density at radius 1 is 1.11 bits per heavy atom. The van der Waals surface area contributed by atoms with E-state index in [2.05, 4.69) is 5.32 Å². The highest BCUT2D eigenvalue weighted by atomic mass is 35.5. The number of benzene rings is 2. The van der Waals surface area contributed by atoms with Gasteiger partial charge in [0.05, 0.1) is 18.0 Å². The topological polar surface area (TPSA) is 75.7 Å². The van der Waals surface area contributed by atoms with E-state index in [0.717, 1.165) is 21.9 Å². The Kier molecular flexibility index (Phi) is 7.10. The first-order valence-electron chi connectivity index (χ1n) is 8.41. The number of anilines is 1. The number of halogens is 1. The lowest BCUT2D eigenvalue weighted by atomic mass is 10.2. The van der Waals surface area contributed by atoms with E-state index in [1.54, 1.807) is 24.3 Å². The molecular formula is C19H23ClN2O4S. The molecule has 2 rings (SSSR count). The highest BCUT2D eigenvalue weighted by molar-refractivity contribution is 7.92. The minimum absolute atomic E-state index is 0.0883. The van der Waals surface area contributed by atoms with Crippen LogP contribution in [0.1, 0.15) is 19.4 Å². The van der Waals surface area contributed by atoms with Crippen LogP contribution in [-0.4, -0.2) is 33.2 Å². The van der Waals surface area contributed by atoms with Gasteiger partial charge in [0, 0.05) is 11.6 Å². The zero-order valence-corrected chi connectivity index (χ0v) is 17.0. The van der Waals surface area contributed by atoms with Gasteiger partial charge in [-0.05, 0) is 55.8 Å². The van der Waals surface area contributed by atoms with Crippen molar-refractivity contribution in [1.29, 1.82) is 0 Å². The highest BCUT2D eigenvalue weighted by Gasteiger charge is 2.20. The molecule has 0 fully saturated rings. The van der Waals surface area contributed by atoms with Crippen molar-refractivity contribution in [3.05, 3.63) is 59.1 Å². The Morgan fingerprint density at radius 3 is 2.22 bits per heavy atom. The predicted octanol–water partition coefficient (Wildman–Crippen LogP) is 3.21. The lowest BCUT2D eigenvalue weighted by molar-refractivity contribution is -0.119. The Balaban J connectivity index is 1.98. The summed E-state index contributed by atoms with van der Waals surface area (Å²) in [6.07, 6.45) is 1.15. The Hall–Kier alpha value is -2.25. The normalized spacial score (nSPS) is 11.3. The lowest BCUT2D eigenvalue weighted by Crippen LogP contribution is -2.40. The smallest absolute Gasteiger partial charge is 0.241 e. The number of nitrogens with one attached hydrogen (secondary N) is 1. The minimum atomic E-state index is -3.61. The molecule has 0 aliphatic heterocycles. The monoisotopic (exact) mass is 410 g/mol. The molecular weight excluding hydrogens is 388 g/mol. The maximum atomic E-state index is 12.3. The maximum Gasteiger partial charge on any atom is 0.241 e. The van der Waals surface area contributed by atoms with Crippen LogP contribution in [0.15, 0.2) is 48.5 Å². The molecule has 8 heteroatoms. The molecule has 0 bridgehead atoms. The van der Waals surface area contributed by atoms with Crippen LogP contribution in [0.5, 0.6) is 5.75 Å². The third-order valence-corrected chi connectivity index (χ3v) is 4.98. The van der Waals surface area contributed by atoms with Crippen LogP contribution in [0.25, 0.3) is 0 Å². The SMILES string of the molecule is CC(C)Oc1ccc(CNC(=O)CN(c2ccc(Cl)cc2)S(C)(=O)=O)cc1. The minimum Gasteiger partial charge on any atom is -0.491 e. The second-order valence-corrected chi connectivity index (χ2v) is 8.68. The van der Waals surface area contributed by atoms with Crippen molar-refractivity contribution in [3.8, 4) is 5.75 Å². The van der Waals surface area contributed by atoms with E-state index in [1.165, 1.54) is 0 Å². The quantitative estimate of drug-likeness (QED) is 0.725. The molecule has 2 aromatic rings. The summed E-state index contributed by atoms with van der Waals surface area (Å²) in [6.45, 7) is 3.87. The number of amides is 1. The average Bonchev–Trinajstić information content (AvgIpc) is 2.58. The Morgan fingerprint density at radius 2 is 1.70 bits per heavy atom. The van der Waals surface area contributed by atoms with Gasteiger partial charge in [-0.2, -0.15) is 0 Å². The fourth-order valence-corrected chi connectivity index (χ4v) is 3.33. The van der Waals surface area contributed by atoms with Gasteiger partial charge in [0.25, 0.3) is 0 Å². The molecule has 1 N–H and O–H groups in total. The number of sulfonamides is 1. The lowest BCUT2D eigenvalue weighted by Gasteiger charge is -2.22. The van der Waals surface area contributed by atoms with E-state index in [4.69, 9.17) is 16.3 Å². The van der Waals surface area contributed by atoms with Crippen LogP contribution in [-0.2, 0) is 21.4 Å². The second kappa shape index (κ2) is 9.10. The molecule has 0 spiro atoms. The van der Waals surface area contributed by atoms with E-state index in [-0.39, 0.29) is 12.6 Å². The van der Waals surface area contributed by atoms with Gasteiger partial charge in [0.15, 0.2) is 0 Å². The van der Waals surface area contributed by atoms with Gasteiger partial charge in [0.2, 0.25) is 15.9 Å². The van der Waals surface area contributed by atoms with Crippen molar-refractivity contribution in [3.63, 3.8) is 0 Å². The van der Waals surface area contributed by atoms with E-state index >= 15 is 0 Å². The third kappa shape index (κ3) is 6.77. The van der Waals surface area contributed by atoms with Crippen LogP contribution in [0, 0.1) is 0 Å². The summed E-state index contributed by atoms with van der Waals surface area (Å²) in [5.41, 5.74) is 1.27. The van der Waals surface area contributed by atoms with Gasteiger partial charge in [-0.15, -0.1) is 0 Å². The molecule has 0 unspecified atom stereocenters. The number of rotatable bonds is 8. The van der Waals surface area contributed by atoms with Gasteiger partial charge in [0.1, 0.15) is 12.3 Å². The largest absolute Gasteiger partial charge is 0.491 e. The van der Waals surface area contributed by atoms with Crippen molar-refractivity contribution in [2.45, 2.75) is 26.5 Å². The number of nitrogens with zero attached hydrogens (tertiary/aromatic N) is 1. The summed E-state index contributed by atoms with van der Waals surface area (Å²) >= 11 is 5.84. The van der Waals surface area contributed by atoms with Gasteiger partial charge in [-0.3, -0.25) is 9.10 Å². The molecule has 1 amide bonds. The second-order valence-electron chi connectivity index (χ2n) is 6.33. The number of hydrogen-bond acceptors (Lipinski definition) is 4. The Labute approximate surface area is 165 Å². The molecule has 6 nitrogen and oxygen atoms in total. The molecule has 0 saturated carbocycles. The van der Waals surface area contributed by atoms with Crippen molar-refractivity contribution >= 4 is 33.2 Å². The van der Waals surface area contributed by atoms with Gasteiger partial charge in [-0.1, -0.05) is 23.7 Å². The zero-order chi connectivity index (χ0) is 20.0. The van der Waals surface area contributed by atoms with Crippen molar-refractivity contribution in [2.24, 2.45) is 0 Å². The van der Waals surface area contributed by atoms with Crippen molar-refractivity contribution in [1.82, 2.24) is 5.32 Å². The van der Waals surface area contributed by atoms with E-state index in [9.17, 15) is 13.2 Å². The molecule has 27 heavy (non-hydrogen) atoms. The van der Waals surface area contributed by atoms with Crippen molar-refractivity contribution < 1.29 is 17.9 Å². The molecule has 0 radical (unpaired) electrons. The van der Waals surface area contributed by atoms with Crippen molar-refractivity contribution in [2.75, 3.05) is 17.1 Å². The standard InChI is InChI=1S/C19H23ClN2O4S/c1-14(2)26-18-10-4-15(5-11-18)12-21-19(23)13-22(27(3,24)25)17-8-6-16(20)7-9-17/h4-11,14H,12-13H2,1-3H3,(H,21,23). The van der Waals surface area contributed by atoms with E-state index < -0.39 is 15.9 Å². The van der Waals surface area contributed by atoms with Crippen LogP contribution < -0.4 is 14.4 Å². The summed E-state index contributed by atoms with van der Waals surface area (Å²) in [5, 5.41) is 3.22. The fourth-order valence-electron chi connectivity index (χ4n) is 2.35. The molecule has 146 valence electrons. The zero-order valence-electron chi connectivity index (χ0n) is 15.5. The van der Waals surface area contributed by atoms with E-state index in [0.29, 0.717) is 17.3 Å². The molecule has 0 atom stereocenters. The maximum absolute atomic E-state index is 12.3. The number of carbonyl (C=O) groups excluding carboxylic acids is 1. The number of ether oxygens (including phenoxy) is 1. The van der Waals surface area contributed by atoms with E-state index in [1.807, 2.05) is 38.1 Å². The summed E-state index contributed by atoms with van der Waals surface area (Å²) in [4.78, 5) is 12.3. The van der Waals surface area contributed by atoms with Gasteiger partial charge < -0.3 is 10.1 Å². The predicted molar refractivity (Wildman–Crippen MR) is 108 cm³/mol. The van der Waals surface area contributed by atoms with Crippen LogP contribution in [0.4, 0.5) is 5.69 Å². The Bertz CT molecular complexity index is 866.